The van der Waals surface area contributed by atoms with E-state index in [0.29, 0.717) is 0 Å². The van der Waals surface area contributed by atoms with E-state index in [9.17, 15) is 29.5 Å². The third kappa shape index (κ3) is 3.53. The smallest absolute Gasteiger partial charge is 0.388 e. The second-order valence-electron chi connectivity index (χ2n) is 8.24. The first-order valence-electron chi connectivity index (χ1n) is 9.56. The van der Waals surface area contributed by atoms with E-state index >= 15 is 0 Å². The molecule has 4 unspecified atom stereocenters. The van der Waals surface area contributed by atoms with Crippen LogP contribution < -0.4 is 17.0 Å². The van der Waals surface area contributed by atoms with Crippen LogP contribution in [0.2, 0.25) is 0 Å². The van der Waals surface area contributed by atoms with Crippen molar-refractivity contribution >= 4 is 24.7 Å². The molecule has 0 aliphatic carbocycles. The Balaban J connectivity index is 1.59. The van der Waals surface area contributed by atoms with E-state index in [1.165, 1.54) is 0 Å². The molecule has 0 bridgehead atoms. The summed E-state index contributed by atoms with van der Waals surface area (Å²) in [6.07, 6.45) is -5.43. The summed E-state index contributed by atoms with van der Waals surface area (Å²) in [5.74, 6) is -0.248. The topological polar surface area (TPSA) is 218 Å². The molecule has 2 fully saturated rings. The maximum absolute atomic E-state index is 12.5. The number of rotatable bonds is 6. The second kappa shape index (κ2) is 6.97. The second-order valence-corrected chi connectivity index (χ2v) is 10.3. The molecule has 2 aliphatic heterocycles. The van der Waals surface area contributed by atoms with Crippen LogP contribution in [0.3, 0.4) is 0 Å². The van der Waals surface area contributed by atoms with Crippen LogP contribution >= 0.6 is 7.60 Å². The summed E-state index contributed by atoms with van der Waals surface area (Å²) in [6.45, 7) is 4.70. The van der Waals surface area contributed by atoms with Crippen LogP contribution in [-0.2, 0) is 18.3 Å². The van der Waals surface area contributed by atoms with Crippen molar-refractivity contribution < 1.29 is 33.7 Å². The number of nitrogens with zero attached hydrogens (tertiary/aromatic N) is 2. The van der Waals surface area contributed by atoms with E-state index < -0.39 is 54.5 Å². The first-order valence-corrected chi connectivity index (χ1v) is 11.1. The lowest BCUT2D eigenvalue weighted by molar-refractivity contribution is -0.0597. The van der Waals surface area contributed by atoms with Crippen LogP contribution in [0.25, 0.3) is 11.2 Å². The molecule has 4 heterocycles. The van der Waals surface area contributed by atoms with Gasteiger partial charge in [0.2, 0.25) is 5.95 Å². The summed E-state index contributed by atoms with van der Waals surface area (Å²) in [6, 6.07) is 0. The third-order valence-electron chi connectivity index (χ3n) is 5.37. The molecule has 2 saturated heterocycles. The fourth-order valence-electron chi connectivity index (χ4n) is 3.74. The molecule has 7 N–H and O–H groups in total. The molecule has 0 aromatic carbocycles. The Kier molecular flexibility index (Phi) is 4.98. The van der Waals surface area contributed by atoms with Gasteiger partial charge in [-0.05, 0) is 13.8 Å². The highest BCUT2D eigenvalue weighted by Crippen LogP contribution is 2.79. The fourth-order valence-corrected chi connectivity index (χ4v) is 5.71. The van der Waals surface area contributed by atoms with E-state index in [1.54, 1.807) is 20.8 Å². The number of hydrogen-bond acceptors (Lipinski definition) is 11. The van der Waals surface area contributed by atoms with Crippen LogP contribution in [0.5, 0.6) is 0 Å². The van der Waals surface area contributed by atoms with E-state index in [4.69, 9.17) is 19.5 Å². The van der Waals surface area contributed by atoms with Gasteiger partial charge in [0.15, 0.2) is 17.4 Å². The van der Waals surface area contributed by atoms with Crippen LogP contribution in [0, 0.1) is 0 Å². The van der Waals surface area contributed by atoms with Crippen molar-refractivity contribution in [3.63, 3.8) is 0 Å². The van der Waals surface area contributed by atoms with Crippen molar-refractivity contribution in [2.24, 2.45) is 0 Å². The number of hydrogen-bond donors (Lipinski definition) is 6. The van der Waals surface area contributed by atoms with Gasteiger partial charge in [-0.25, -0.2) is 9.36 Å². The zero-order chi connectivity index (χ0) is 22.9. The monoisotopic (exact) mass is 461 g/mol. The van der Waals surface area contributed by atoms with Gasteiger partial charge in [0.1, 0.15) is 12.2 Å². The fraction of sp³-hybridized carbons (Fsp3) is 0.688. The molecule has 0 radical (unpaired) electrons. The van der Waals surface area contributed by atoms with Gasteiger partial charge in [-0.3, -0.25) is 28.4 Å². The van der Waals surface area contributed by atoms with E-state index in [2.05, 4.69) is 15.0 Å². The molecular formula is C16H24N5O9P. The van der Waals surface area contributed by atoms with Gasteiger partial charge in [0, 0.05) is 12.8 Å². The number of nitrogens with two attached hydrogens (primary N) is 1. The summed E-state index contributed by atoms with van der Waals surface area (Å²) in [7, 11) is -3.73. The van der Waals surface area contributed by atoms with E-state index in [-0.39, 0.29) is 30.0 Å². The highest BCUT2D eigenvalue weighted by Gasteiger charge is 2.70. The number of aromatic amines is 2. The van der Waals surface area contributed by atoms with Crippen molar-refractivity contribution in [1.29, 1.82) is 0 Å². The number of aliphatic hydroxyl groups is 3. The number of imidazole rings is 1. The first kappa shape index (κ1) is 22.1. The minimum absolute atomic E-state index is 0.0673. The molecule has 2 aromatic rings. The molecule has 31 heavy (non-hydrogen) atoms. The molecule has 0 saturated carbocycles. The summed E-state index contributed by atoms with van der Waals surface area (Å²) in [5, 5.41) is 31.0. The normalized spacial score (nSPS) is 35.7. The lowest BCUT2D eigenvalue weighted by atomic mass is 9.97. The lowest BCUT2D eigenvalue weighted by Crippen LogP contribution is -2.37. The van der Waals surface area contributed by atoms with Crippen molar-refractivity contribution in [2.45, 2.75) is 69.3 Å². The average Bonchev–Trinajstić information content (AvgIpc) is 2.88. The van der Waals surface area contributed by atoms with Gasteiger partial charge in [0.25, 0.3) is 11.1 Å². The average molecular weight is 461 g/mol. The Labute approximate surface area is 174 Å². The van der Waals surface area contributed by atoms with Crippen LogP contribution in [0.15, 0.2) is 9.59 Å². The van der Waals surface area contributed by atoms with Gasteiger partial charge in [-0.15, -0.1) is 0 Å². The lowest BCUT2D eigenvalue weighted by Gasteiger charge is -2.28. The number of nitrogens with one attached hydrogen (secondary N) is 2. The first-order chi connectivity index (χ1) is 14.3. The summed E-state index contributed by atoms with van der Waals surface area (Å²) in [5.41, 5.74) is 0.719. The van der Waals surface area contributed by atoms with Crippen molar-refractivity contribution in [1.82, 2.24) is 19.5 Å². The van der Waals surface area contributed by atoms with E-state index in [0.717, 1.165) is 4.57 Å². The molecule has 172 valence electrons. The van der Waals surface area contributed by atoms with Crippen molar-refractivity contribution in [3.8, 4) is 0 Å². The predicted octanol–water partition coefficient (Wildman–Crippen LogP) is -0.921. The molecule has 14 nitrogen and oxygen atoms in total. The molecule has 0 amide bonds. The van der Waals surface area contributed by atoms with Crippen molar-refractivity contribution in [3.05, 3.63) is 20.8 Å². The van der Waals surface area contributed by atoms with Gasteiger partial charge in [0.05, 0.1) is 11.7 Å². The Morgan fingerprint density at radius 1 is 1.32 bits per heavy atom. The van der Waals surface area contributed by atoms with Gasteiger partial charge in [-0.2, -0.15) is 4.98 Å². The molecule has 2 aromatic heterocycles. The highest BCUT2D eigenvalue weighted by atomic mass is 31.2. The maximum atomic E-state index is 12.5. The number of aliphatic hydroxyl groups excluding tert-OH is 2. The van der Waals surface area contributed by atoms with Gasteiger partial charge >= 0.3 is 13.3 Å². The molecule has 15 heteroatoms. The quantitative estimate of drug-likeness (QED) is 0.228. The minimum atomic E-state index is -3.73. The van der Waals surface area contributed by atoms with Gasteiger partial charge < -0.3 is 25.8 Å². The molecular weight excluding hydrogens is 437 g/mol. The van der Waals surface area contributed by atoms with Crippen molar-refractivity contribution in [2.75, 3.05) is 5.73 Å². The molecule has 0 spiro atoms. The Bertz CT molecular complexity index is 1190. The number of aromatic nitrogens is 4. The standard InChI is InChI=1S/C16H24N5O9P/c1-4-16(26)30-31(16,27)29-15(2,3)5-6-8(22)9(23)12(28-6)21-10-7(18-14(21)25)11(24)20-13(17)19-10/h6,8-9,12,22-23,26H,4-5H2,1-3H3,(H,18,25)(H3,17,19,20,24)/t6?,8?,9-,12-,16?,31?/m1/s1. The Hall–Kier alpha value is -2.06. The predicted molar refractivity (Wildman–Crippen MR) is 105 cm³/mol. The largest absolute Gasteiger partial charge is 0.393 e. The zero-order valence-corrected chi connectivity index (χ0v) is 17.8. The molecule has 6 atom stereocenters. The van der Waals surface area contributed by atoms with Gasteiger partial charge in [-0.1, -0.05) is 6.92 Å². The summed E-state index contributed by atoms with van der Waals surface area (Å²) in [4.78, 5) is 32.9. The number of anilines is 1. The number of ether oxygens (including phenoxy) is 1. The Morgan fingerprint density at radius 3 is 2.61 bits per heavy atom. The number of fused-ring (bicyclic) bond motifs is 1. The molecule has 2 aliphatic rings. The highest BCUT2D eigenvalue weighted by molar-refractivity contribution is 7.61. The number of nitrogen functional groups attached to an aromatic ring is 1. The maximum Gasteiger partial charge on any atom is 0.393 e. The summed E-state index contributed by atoms with van der Waals surface area (Å²) < 4.78 is 29.5. The van der Waals surface area contributed by atoms with Crippen LogP contribution in [0.1, 0.15) is 39.8 Å². The Morgan fingerprint density at radius 2 is 2.00 bits per heavy atom. The van der Waals surface area contributed by atoms with E-state index in [1.807, 2.05) is 0 Å². The summed E-state index contributed by atoms with van der Waals surface area (Å²) >= 11 is 0. The molecule has 4 rings (SSSR count). The SMILES string of the molecule is CCC1(O)OP1(=O)OC(C)(C)CC1O[C@@H](n2c(=O)[nH]c3c(=O)[nH]c(N)nc32)[C@H](O)C1O. The zero-order valence-electron chi connectivity index (χ0n) is 16.9. The van der Waals surface area contributed by atoms with Crippen LogP contribution in [0.4, 0.5) is 5.95 Å². The third-order valence-corrected chi connectivity index (χ3v) is 7.75. The minimum Gasteiger partial charge on any atom is -0.388 e. The number of H-pyrrole nitrogens is 2. The van der Waals surface area contributed by atoms with Crippen LogP contribution in [-0.4, -0.2) is 64.3 Å².